The Kier molecular flexibility index (Phi) is 5.96. The summed E-state index contributed by atoms with van der Waals surface area (Å²) >= 11 is 0. The molecule has 1 fully saturated rings. The maximum atomic E-state index is 3.18. The van der Waals surface area contributed by atoms with Gasteiger partial charge in [0.2, 0.25) is 0 Å². The molecule has 1 aliphatic carbocycles. The number of halogens is 1. The van der Waals surface area contributed by atoms with E-state index >= 15 is 0 Å². The summed E-state index contributed by atoms with van der Waals surface area (Å²) in [5, 5.41) is 3.18. The van der Waals surface area contributed by atoms with E-state index in [2.05, 4.69) is 41.5 Å². The molecular formula is C14H23ClN2. The highest BCUT2D eigenvalue weighted by Gasteiger charge is 2.23. The lowest BCUT2D eigenvalue weighted by atomic mass is 10.1. The third-order valence-electron chi connectivity index (χ3n) is 3.20. The molecule has 0 unspecified atom stereocenters. The topological polar surface area (TPSA) is 15.3 Å². The van der Waals surface area contributed by atoms with E-state index in [0.29, 0.717) is 0 Å². The Labute approximate surface area is 111 Å². The van der Waals surface area contributed by atoms with Crippen LogP contribution in [-0.2, 0) is 6.54 Å². The second-order valence-electron chi connectivity index (χ2n) is 4.86. The molecule has 0 aliphatic heterocycles. The monoisotopic (exact) mass is 254 g/mol. The van der Waals surface area contributed by atoms with Crippen LogP contribution in [0.4, 0.5) is 0 Å². The van der Waals surface area contributed by atoms with Gasteiger partial charge in [0.15, 0.2) is 0 Å². The van der Waals surface area contributed by atoms with Gasteiger partial charge >= 0.3 is 0 Å². The minimum Gasteiger partial charge on any atom is -0.318 e. The number of nitrogens with one attached hydrogen (secondary N) is 1. The molecular weight excluding hydrogens is 232 g/mol. The average molecular weight is 255 g/mol. The van der Waals surface area contributed by atoms with Crippen LogP contribution in [0.25, 0.3) is 0 Å². The van der Waals surface area contributed by atoms with Crippen molar-refractivity contribution >= 4 is 12.4 Å². The number of hydrogen-bond donors (Lipinski definition) is 1. The summed E-state index contributed by atoms with van der Waals surface area (Å²) in [4.78, 5) is 2.36. The molecule has 1 saturated carbocycles. The van der Waals surface area contributed by atoms with Crippen molar-refractivity contribution in [3.8, 4) is 0 Å². The molecule has 0 saturated heterocycles. The number of likely N-dealkylation sites (N-methyl/N-ethyl adjacent to an activating group) is 2. The Bertz CT molecular complexity index is 337. The fourth-order valence-electron chi connectivity index (χ4n) is 2.06. The molecule has 2 nitrogen and oxygen atoms in total. The van der Waals surface area contributed by atoms with Crippen LogP contribution in [0, 0.1) is 0 Å². The van der Waals surface area contributed by atoms with E-state index in [1.165, 1.54) is 18.4 Å². The van der Waals surface area contributed by atoms with Crippen LogP contribution in [0.3, 0.4) is 0 Å². The maximum absolute atomic E-state index is 3.18. The predicted octanol–water partition coefficient (Wildman–Crippen LogP) is 2.64. The fraction of sp³-hybridized carbons (Fsp3) is 0.571. The van der Waals surface area contributed by atoms with Crippen LogP contribution >= 0.6 is 12.4 Å². The summed E-state index contributed by atoms with van der Waals surface area (Å²) in [6.07, 6.45) is 2.78. The lowest BCUT2D eigenvalue weighted by Gasteiger charge is -2.16. The standard InChI is InChI=1S/C14H22N2.ClH/c1-15-8-9-16(2)11-12-4-3-5-14(10-12)13-6-7-13;/h3-5,10,13,15H,6-9,11H2,1-2H3;1H. The molecule has 0 radical (unpaired) electrons. The van der Waals surface area contributed by atoms with Crippen molar-refractivity contribution in [3.05, 3.63) is 35.4 Å². The second-order valence-corrected chi connectivity index (χ2v) is 4.86. The largest absolute Gasteiger partial charge is 0.318 e. The van der Waals surface area contributed by atoms with Gasteiger partial charge in [-0.1, -0.05) is 24.3 Å². The van der Waals surface area contributed by atoms with Crippen LogP contribution in [-0.4, -0.2) is 32.1 Å². The van der Waals surface area contributed by atoms with Gasteiger partial charge in [-0.3, -0.25) is 0 Å². The zero-order valence-electron chi connectivity index (χ0n) is 10.8. The molecule has 0 aromatic heterocycles. The molecule has 96 valence electrons. The lowest BCUT2D eigenvalue weighted by Crippen LogP contribution is -2.26. The van der Waals surface area contributed by atoms with E-state index in [1.54, 1.807) is 5.56 Å². The summed E-state index contributed by atoms with van der Waals surface area (Å²) in [6, 6.07) is 9.10. The second kappa shape index (κ2) is 7.00. The summed E-state index contributed by atoms with van der Waals surface area (Å²) < 4.78 is 0. The molecule has 2 rings (SSSR count). The summed E-state index contributed by atoms with van der Waals surface area (Å²) in [5.41, 5.74) is 2.99. The minimum atomic E-state index is 0. The van der Waals surface area contributed by atoms with E-state index in [1.807, 2.05) is 7.05 Å². The molecule has 0 heterocycles. The van der Waals surface area contributed by atoms with Crippen molar-refractivity contribution in [2.24, 2.45) is 0 Å². The van der Waals surface area contributed by atoms with Crippen molar-refractivity contribution in [1.82, 2.24) is 10.2 Å². The van der Waals surface area contributed by atoms with Crippen LogP contribution in [0.1, 0.15) is 29.9 Å². The summed E-state index contributed by atoms with van der Waals surface area (Å²) in [6.45, 7) is 3.21. The van der Waals surface area contributed by atoms with E-state index in [-0.39, 0.29) is 12.4 Å². The van der Waals surface area contributed by atoms with Gasteiger partial charge in [-0.25, -0.2) is 0 Å². The van der Waals surface area contributed by atoms with Crippen molar-refractivity contribution < 1.29 is 0 Å². The van der Waals surface area contributed by atoms with Crippen molar-refractivity contribution in [3.63, 3.8) is 0 Å². The highest BCUT2D eigenvalue weighted by molar-refractivity contribution is 5.85. The molecule has 0 bridgehead atoms. The average Bonchev–Trinajstić information content (AvgIpc) is 3.10. The number of hydrogen-bond acceptors (Lipinski definition) is 2. The Morgan fingerprint density at radius 1 is 1.35 bits per heavy atom. The van der Waals surface area contributed by atoms with E-state index in [0.717, 1.165) is 25.6 Å². The molecule has 1 N–H and O–H groups in total. The van der Waals surface area contributed by atoms with Gasteiger partial charge in [-0.05, 0) is 44.0 Å². The third kappa shape index (κ3) is 4.66. The molecule has 0 atom stereocenters. The first-order valence-corrected chi connectivity index (χ1v) is 6.21. The molecule has 3 heteroatoms. The van der Waals surface area contributed by atoms with Gasteiger partial charge in [0.05, 0.1) is 0 Å². The molecule has 0 spiro atoms. The van der Waals surface area contributed by atoms with Crippen molar-refractivity contribution in [2.75, 3.05) is 27.2 Å². The maximum Gasteiger partial charge on any atom is 0.0231 e. The van der Waals surface area contributed by atoms with Gasteiger partial charge in [-0.15, -0.1) is 12.4 Å². The summed E-state index contributed by atoms with van der Waals surface area (Å²) in [5.74, 6) is 0.863. The van der Waals surface area contributed by atoms with Gasteiger partial charge in [-0.2, -0.15) is 0 Å². The zero-order chi connectivity index (χ0) is 11.4. The number of rotatable bonds is 6. The minimum absolute atomic E-state index is 0. The Hall–Kier alpha value is -0.570. The quantitative estimate of drug-likeness (QED) is 0.840. The SMILES string of the molecule is CNCCN(C)Cc1cccc(C2CC2)c1.Cl. The number of benzene rings is 1. The zero-order valence-corrected chi connectivity index (χ0v) is 11.6. The Balaban J connectivity index is 0.00000144. The highest BCUT2D eigenvalue weighted by atomic mass is 35.5. The first kappa shape index (κ1) is 14.5. The van der Waals surface area contributed by atoms with E-state index in [4.69, 9.17) is 0 Å². The normalized spacial score (nSPS) is 14.8. The van der Waals surface area contributed by atoms with Crippen molar-refractivity contribution in [1.29, 1.82) is 0 Å². The molecule has 1 aromatic rings. The van der Waals surface area contributed by atoms with E-state index < -0.39 is 0 Å². The first-order valence-electron chi connectivity index (χ1n) is 6.21. The van der Waals surface area contributed by atoms with Gasteiger partial charge in [0.1, 0.15) is 0 Å². The molecule has 1 aromatic carbocycles. The fourth-order valence-corrected chi connectivity index (χ4v) is 2.06. The van der Waals surface area contributed by atoms with Crippen LogP contribution < -0.4 is 5.32 Å². The van der Waals surface area contributed by atoms with Gasteiger partial charge < -0.3 is 10.2 Å². The lowest BCUT2D eigenvalue weighted by molar-refractivity contribution is 0.328. The van der Waals surface area contributed by atoms with Crippen LogP contribution in [0.2, 0.25) is 0 Å². The number of nitrogens with zero attached hydrogens (tertiary/aromatic N) is 1. The van der Waals surface area contributed by atoms with Crippen molar-refractivity contribution in [2.45, 2.75) is 25.3 Å². The third-order valence-corrected chi connectivity index (χ3v) is 3.20. The molecule has 1 aliphatic rings. The summed E-state index contributed by atoms with van der Waals surface area (Å²) in [7, 11) is 4.18. The van der Waals surface area contributed by atoms with Gasteiger partial charge in [0.25, 0.3) is 0 Å². The highest BCUT2D eigenvalue weighted by Crippen LogP contribution is 2.40. The van der Waals surface area contributed by atoms with E-state index in [9.17, 15) is 0 Å². The van der Waals surface area contributed by atoms with Crippen LogP contribution in [0.5, 0.6) is 0 Å². The predicted molar refractivity (Wildman–Crippen MR) is 75.9 cm³/mol. The smallest absolute Gasteiger partial charge is 0.0231 e. The molecule has 0 amide bonds. The Morgan fingerprint density at radius 2 is 2.12 bits per heavy atom. The van der Waals surface area contributed by atoms with Crippen LogP contribution in [0.15, 0.2) is 24.3 Å². The Morgan fingerprint density at radius 3 is 2.76 bits per heavy atom. The van der Waals surface area contributed by atoms with Gasteiger partial charge in [0, 0.05) is 19.6 Å². The first-order chi connectivity index (χ1) is 7.79. The molecule has 17 heavy (non-hydrogen) atoms.